The molecule has 0 saturated carbocycles. The predicted octanol–water partition coefficient (Wildman–Crippen LogP) is 0.391. The van der Waals surface area contributed by atoms with Crippen molar-refractivity contribution in [1.82, 2.24) is 0 Å². The Bertz CT molecular complexity index is 2650. The summed E-state index contributed by atoms with van der Waals surface area (Å²) < 4.78 is 106. The van der Waals surface area contributed by atoms with Crippen molar-refractivity contribution in [3.8, 4) is 0 Å². The van der Waals surface area contributed by atoms with E-state index in [0.29, 0.717) is 51.4 Å². The van der Waals surface area contributed by atoms with Crippen molar-refractivity contribution in [3.63, 3.8) is 0 Å². The Morgan fingerprint density at radius 1 is 0.415 bits per heavy atom. The molecule has 7 aliphatic rings. The molecule has 614 valence electrons. The zero-order valence-corrected chi connectivity index (χ0v) is 62.9. The molecule has 12 N–H and O–H groups in total. The number of carbonyl (C=O) groups is 5. The average molecular weight is 1530 g/mol. The van der Waals surface area contributed by atoms with Crippen LogP contribution in [0.2, 0.25) is 0 Å². The fourth-order valence-electron chi connectivity index (χ4n) is 13.5. The van der Waals surface area contributed by atoms with Crippen LogP contribution in [0, 0.1) is 23.7 Å². The van der Waals surface area contributed by atoms with E-state index in [-0.39, 0.29) is 19.3 Å². The molecule has 7 heterocycles. The first-order valence-electron chi connectivity index (χ1n) is 38.3. The molecule has 34 heteroatoms. The van der Waals surface area contributed by atoms with Gasteiger partial charge >= 0.3 is 29.8 Å². The smallest absolute Gasteiger partial charge is 0.309 e. The minimum atomic E-state index is -2.26. The van der Waals surface area contributed by atoms with Crippen LogP contribution in [-0.4, -0.2) is 308 Å². The Morgan fingerprint density at radius 2 is 0.925 bits per heavy atom. The molecule has 0 aromatic heterocycles. The Kier molecular flexibility index (Phi) is 36.2. The molecule has 7 aliphatic heterocycles. The van der Waals surface area contributed by atoms with Gasteiger partial charge in [-0.25, -0.2) is 0 Å². The molecule has 4 bridgehead atoms. The maximum atomic E-state index is 13.8. The third kappa shape index (κ3) is 22.8. The number of fused-ring (bicyclic) bond motifs is 6. The minimum Gasteiger partial charge on any atom is -0.456 e. The van der Waals surface area contributed by atoms with Gasteiger partial charge in [-0.15, -0.1) is 0 Å². The summed E-state index contributed by atoms with van der Waals surface area (Å²) in [4.78, 5) is 67.8. The van der Waals surface area contributed by atoms with Gasteiger partial charge in [0.25, 0.3) is 0 Å². The molecule has 106 heavy (non-hydrogen) atoms. The number of ether oxygens (including phenoxy) is 17. The minimum absolute atomic E-state index is 0.138. The zero-order chi connectivity index (χ0) is 78.0. The normalized spacial score (nSPS) is 41.8. The summed E-state index contributed by atoms with van der Waals surface area (Å²) in [5.74, 6) is -7.07. The molecule has 0 amide bonds. The molecule has 7 rings (SSSR count). The number of aliphatic hydroxyl groups is 12. The van der Waals surface area contributed by atoms with E-state index < -0.39 is 270 Å². The Morgan fingerprint density at radius 3 is 1.50 bits per heavy atom. The summed E-state index contributed by atoms with van der Waals surface area (Å²) in [5, 5.41) is 142. The second-order valence-corrected chi connectivity index (χ2v) is 29.4. The van der Waals surface area contributed by atoms with Gasteiger partial charge in [0.1, 0.15) is 104 Å². The highest BCUT2D eigenvalue weighted by Crippen LogP contribution is 2.41. The molecule has 0 radical (unpaired) electrons. The molecule has 7 saturated heterocycles. The van der Waals surface area contributed by atoms with Gasteiger partial charge in [-0.3, -0.25) is 24.0 Å². The van der Waals surface area contributed by atoms with E-state index >= 15 is 0 Å². The van der Waals surface area contributed by atoms with Crippen molar-refractivity contribution in [2.75, 3.05) is 26.4 Å². The molecule has 35 atom stereocenters. The van der Waals surface area contributed by atoms with E-state index in [4.69, 9.17) is 80.5 Å². The second kappa shape index (κ2) is 42.9. The quantitative estimate of drug-likeness (QED) is 0.0374. The largest absolute Gasteiger partial charge is 0.456 e. The van der Waals surface area contributed by atoms with E-state index in [1.54, 1.807) is 48.5 Å². The standard InChI is InChI=1S/C72H122O34/c1-12-17-23-26-39-27-24-21-19-18-20-22-25-28-44(76)98-61-51(83)56(101-65(88)35(8)15-4)42(31-75)96-70(61)90-32-43-47(79)57(102-66(89)36(9)16-5)52(84)69(97-43)103-58-46(78)40(29-73)94-72(105-60-48(80)45(77)37(10)91-71(60)93-39)62(58)106-68-53(85)59(54(38(11)92-68)99-63(86)33(6)13-2)104-67-50(82)49(81)55(41(30-74)95-67)100-64(87)34(7)14-3/h33-43,45-62,67-75,77-85H,12-32H2,1-11H3/t33-,34-,35-,36-,37+,38-,39+,40+,41+,42+,43+,45+,46+,47+,48-,49+,50+,51-,52+,53+,54-,55+,56+,57-,58-,59-,60+,61+,62+,67-,68-,69-,70+,71-,72-/m0/s1. The van der Waals surface area contributed by atoms with Crippen LogP contribution in [-0.2, 0) is 104 Å². The van der Waals surface area contributed by atoms with Crippen molar-refractivity contribution >= 4 is 29.8 Å². The fourth-order valence-corrected chi connectivity index (χ4v) is 13.5. The third-order valence-corrected chi connectivity index (χ3v) is 21.4. The Labute approximate surface area is 619 Å². The number of unbranched alkanes of at least 4 members (excludes halogenated alkanes) is 2. The van der Waals surface area contributed by atoms with Crippen molar-refractivity contribution in [2.24, 2.45) is 23.7 Å². The highest BCUT2D eigenvalue weighted by Gasteiger charge is 2.60. The van der Waals surface area contributed by atoms with Crippen LogP contribution in [0.5, 0.6) is 0 Å². The summed E-state index contributed by atoms with van der Waals surface area (Å²) in [6, 6.07) is 0. The first-order chi connectivity index (χ1) is 50.5. The number of hydrogen-bond acceptors (Lipinski definition) is 34. The number of rotatable bonds is 23. The lowest BCUT2D eigenvalue weighted by Crippen LogP contribution is -2.69. The van der Waals surface area contributed by atoms with Gasteiger partial charge in [0, 0.05) is 6.42 Å². The average Bonchev–Trinajstić information content (AvgIpc) is 0.771. The SMILES string of the molecule is CCCCC[C@@H]1CCCCCCCCCC(=O)O[C@H]2[C@H](OC[C@H]3O[C@@H](O[C@H]4[C@H](O)[C@@H](CO)O[C@@H](O[C@H]5[C@H](O1)O[C@H](C)[C@@H](O)[C@@H]5O)[C@@H]4O[C@@H]1O[C@@H](C)[C@H](OC(=O)[C@@H](C)CC)[C@@H](O[C@@H]4O[C@H](CO)[C@@H](OC(=O)[C@@H](C)CC)[C@H](O)[C@H]4O)[C@H]1O)[C@H](O)[C@@H](OC(=O)[C@@H](C)CC)[C@@H]3O)O[C@H](CO)[C@@H](OC(=O)[C@@H](C)CC)[C@@H]2O. The van der Waals surface area contributed by atoms with Gasteiger partial charge in [0.05, 0.1) is 68.4 Å². The lowest BCUT2D eigenvalue weighted by atomic mass is 9.95. The number of hydrogen-bond donors (Lipinski definition) is 12. The molecule has 0 spiro atoms. The monoisotopic (exact) mass is 1530 g/mol. The zero-order valence-electron chi connectivity index (χ0n) is 62.9. The van der Waals surface area contributed by atoms with Crippen molar-refractivity contribution in [1.29, 1.82) is 0 Å². The first-order valence-corrected chi connectivity index (χ1v) is 38.3. The van der Waals surface area contributed by atoms with E-state index in [9.17, 15) is 85.3 Å². The number of aliphatic hydroxyl groups excluding tert-OH is 12. The Balaban J connectivity index is 1.35. The molecule has 0 aromatic rings. The number of esters is 5. The molecular formula is C72H122O34. The van der Waals surface area contributed by atoms with Gasteiger partial charge in [-0.2, -0.15) is 0 Å². The highest BCUT2D eigenvalue weighted by molar-refractivity contribution is 5.73. The van der Waals surface area contributed by atoms with E-state index in [2.05, 4.69) is 0 Å². The molecule has 0 aromatic carbocycles. The van der Waals surface area contributed by atoms with Gasteiger partial charge in [-0.05, 0) is 58.8 Å². The first kappa shape index (κ1) is 89.6. The maximum Gasteiger partial charge on any atom is 0.309 e. The van der Waals surface area contributed by atoms with E-state index in [1.807, 2.05) is 6.92 Å². The van der Waals surface area contributed by atoms with Gasteiger partial charge in [-0.1, -0.05) is 120 Å². The molecule has 7 fully saturated rings. The summed E-state index contributed by atoms with van der Waals surface area (Å²) in [5.41, 5.74) is 0. The van der Waals surface area contributed by atoms with Crippen LogP contribution in [0.3, 0.4) is 0 Å². The lowest BCUT2D eigenvalue weighted by Gasteiger charge is -2.51. The summed E-state index contributed by atoms with van der Waals surface area (Å²) in [6.07, 6.45) is -47.7. The summed E-state index contributed by atoms with van der Waals surface area (Å²) in [6.45, 7) is 14.2. The maximum absolute atomic E-state index is 13.8. The van der Waals surface area contributed by atoms with Crippen molar-refractivity contribution in [3.05, 3.63) is 0 Å². The highest BCUT2D eigenvalue weighted by atomic mass is 16.8. The molecule has 0 aliphatic carbocycles. The Hall–Kier alpha value is -3.61. The van der Waals surface area contributed by atoms with Crippen LogP contribution >= 0.6 is 0 Å². The molecule has 0 unspecified atom stereocenters. The van der Waals surface area contributed by atoms with Crippen LogP contribution < -0.4 is 0 Å². The van der Waals surface area contributed by atoms with Gasteiger partial charge in [0.2, 0.25) is 0 Å². The molecular weight excluding hydrogens is 1410 g/mol. The fraction of sp³-hybridized carbons (Fsp3) is 0.931. The second-order valence-electron chi connectivity index (χ2n) is 29.4. The third-order valence-electron chi connectivity index (χ3n) is 21.4. The van der Waals surface area contributed by atoms with E-state index in [0.717, 1.165) is 38.5 Å². The summed E-state index contributed by atoms with van der Waals surface area (Å²) >= 11 is 0. The number of carbonyl (C=O) groups excluding carboxylic acids is 5. The van der Waals surface area contributed by atoms with Crippen molar-refractivity contribution in [2.45, 2.75) is 376 Å². The van der Waals surface area contributed by atoms with Crippen molar-refractivity contribution < 1.29 is 166 Å². The van der Waals surface area contributed by atoms with Crippen LogP contribution in [0.1, 0.15) is 185 Å². The lowest BCUT2D eigenvalue weighted by molar-refractivity contribution is -0.414. The van der Waals surface area contributed by atoms with E-state index in [1.165, 1.54) is 20.8 Å². The predicted molar refractivity (Wildman–Crippen MR) is 362 cm³/mol. The summed E-state index contributed by atoms with van der Waals surface area (Å²) in [7, 11) is 0. The molecule has 34 nitrogen and oxygen atoms in total. The van der Waals surface area contributed by atoms with Gasteiger partial charge < -0.3 is 142 Å². The van der Waals surface area contributed by atoms with Crippen LogP contribution in [0.15, 0.2) is 0 Å². The topological polar surface area (TPSA) is 485 Å². The van der Waals surface area contributed by atoms with Gasteiger partial charge in [0.15, 0.2) is 68.3 Å². The van der Waals surface area contributed by atoms with Crippen LogP contribution in [0.4, 0.5) is 0 Å². The van der Waals surface area contributed by atoms with Crippen LogP contribution in [0.25, 0.3) is 0 Å².